The zero-order chi connectivity index (χ0) is 15.0. The van der Waals surface area contributed by atoms with Gasteiger partial charge in [0, 0.05) is 3.57 Å². The number of hydrogen-bond donors (Lipinski definition) is 0. The van der Waals surface area contributed by atoms with E-state index in [1.807, 2.05) is 25.1 Å². The predicted molar refractivity (Wildman–Crippen MR) is 90.2 cm³/mol. The zero-order valence-electron chi connectivity index (χ0n) is 12.1. The number of imide groups is 1. The van der Waals surface area contributed by atoms with Crippen molar-refractivity contribution in [3.8, 4) is 0 Å². The van der Waals surface area contributed by atoms with E-state index in [2.05, 4.69) is 27.5 Å². The van der Waals surface area contributed by atoms with Crippen molar-refractivity contribution in [3.05, 3.63) is 27.3 Å². The maximum atomic E-state index is 12.7. The highest BCUT2D eigenvalue weighted by Crippen LogP contribution is 2.30. The minimum Gasteiger partial charge on any atom is -0.292 e. The van der Waals surface area contributed by atoms with Crippen LogP contribution in [0.3, 0.4) is 0 Å². The van der Waals surface area contributed by atoms with Crippen LogP contribution in [0.15, 0.2) is 18.2 Å². The Hall–Kier alpha value is -0.950. The second-order valence-corrected chi connectivity index (χ2v) is 7.06. The summed E-state index contributed by atoms with van der Waals surface area (Å²) in [7, 11) is 0. The van der Waals surface area contributed by atoms with Crippen molar-refractivity contribution in [2.24, 2.45) is 0 Å². The van der Waals surface area contributed by atoms with Gasteiger partial charge in [-0.2, -0.15) is 0 Å². The Morgan fingerprint density at radius 3 is 2.52 bits per heavy atom. The molecule has 2 saturated heterocycles. The highest BCUT2D eigenvalue weighted by Gasteiger charge is 2.43. The van der Waals surface area contributed by atoms with Gasteiger partial charge in [-0.15, -0.1) is 0 Å². The Balaban J connectivity index is 1.86. The summed E-state index contributed by atoms with van der Waals surface area (Å²) < 4.78 is 1.11. The summed E-state index contributed by atoms with van der Waals surface area (Å²) >= 11 is 2.24. The van der Waals surface area contributed by atoms with E-state index in [1.165, 1.54) is 11.3 Å². The summed E-state index contributed by atoms with van der Waals surface area (Å²) in [6.07, 6.45) is 3.80. The van der Waals surface area contributed by atoms with Crippen LogP contribution in [0.2, 0.25) is 0 Å². The van der Waals surface area contributed by atoms with Crippen molar-refractivity contribution in [3.63, 3.8) is 0 Å². The van der Waals surface area contributed by atoms with Crippen molar-refractivity contribution >= 4 is 40.1 Å². The van der Waals surface area contributed by atoms with Gasteiger partial charge in [-0.25, -0.2) is 4.90 Å². The molecular formula is C16H19IN2O2. The quantitative estimate of drug-likeness (QED) is 0.568. The molecule has 3 rings (SSSR count). The molecule has 0 spiro atoms. The normalized spacial score (nSPS) is 23.9. The second-order valence-electron chi connectivity index (χ2n) is 5.81. The first-order valence-electron chi connectivity index (χ1n) is 7.45. The van der Waals surface area contributed by atoms with Gasteiger partial charge in [0.15, 0.2) is 0 Å². The third-order valence-corrected chi connectivity index (χ3v) is 5.02. The average Bonchev–Trinajstić information content (AvgIpc) is 2.76. The molecule has 2 fully saturated rings. The maximum absolute atomic E-state index is 12.7. The molecule has 0 aliphatic carbocycles. The maximum Gasteiger partial charge on any atom is 0.251 e. The number of nitrogens with zero attached hydrogens (tertiary/aromatic N) is 2. The number of benzene rings is 1. The summed E-state index contributed by atoms with van der Waals surface area (Å²) in [6.45, 7) is 3.82. The van der Waals surface area contributed by atoms with E-state index < -0.39 is 0 Å². The van der Waals surface area contributed by atoms with Crippen LogP contribution in [0, 0.1) is 10.5 Å². The molecule has 0 bridgehead atoms. The number of aryl methyl sites for hydroxylation is 1. The molecule has 1 atom stereocenters. The number of piperidine rings is 1. The van der Waals surface area contributed by atoms with Crippen molar-refractivity contribution < 1.29 is 9.59 Å². The fourth-order valence-corrected chi connectivity index (χ4v) is 3.90. The van der Waals surface area contributed by atoms with Crippen LogP contribution in [0.25, 0.3) is 0 Å². The fraction of sp³-hybridized carbons (Fsp3) is 0.500. The molecule has 112 valence electrons. The van der Waals surface area contributed by atoms with E-state index in [9.17, 15) is 9.59 Å². The van der Waals surface area contributed by atoms with Gasteiger partial charge in [-0.05, 0) is 79.2 Å². The molecule has 0 aromatic heterocycles. The zero-order valence-corrected chi connectivity index (χ0v) is 14.3. The standard InChI is InChI=1S/C16H19IN2O2/c1-11-9-12(17)5-6-13(11)19-15(20)10-14(16(19)21)18-7-3-2-4-8-18/h5-6,9,14H,2-4,7-8,10H2,1H3. The number of rotatable bonds is 2. The molecule has 2 amide bonds. The number of halogens is 1. The second kappa shape index (κ2) is 6.04. The van der Waals surface area contributed by atoms with Crippen LogP contribution in [-0.4, -0.2) is 35.8 Å². The van der Waals surface area contributed by atoms with Gasteiger partial charge in [-0.1, -0.05) is 6.42 Å². The first-order chi connectivity index (χ1) is 10.1. The number of likely N-dealkylation sites (tertiary alicyclic amines) is 1. The third-order valence-electron chi connectivity index (χ3n) is 4.35. The van der Waals surface area contributed by atoms with Crippen LogP contribution < -0.4 is 4.90 Å². The van der Waals surface area contributed by atoms with Crippen molar-refractivity contribution in [1.29, 1.82) is 0 Å². The largest absolute Gasteiger partial charge is 0.292 e. The molecule has 21 heavy (non-hydrogen) atoms. The van der Waals surface area contributed by atoms with Gasteiger partial charge in [-0.3, -0.25) is 14.5 Å². The summed E-state index contributed by atoms with van der Waals surface area (Å²) in [5, 5.41) is 0. The summed E-state index contributed by atoms with van der Waals surface area (Å²) in [5.41, 5.74) is 1.72. The number of hydrogen-bond acceptors (Lipinski definition) is 3. The molecular weight excluding hydrogens is 379 g/mol. The topological polar surface area (TPSA) is 40.6 Å². The van der Waals surface area contributed by atoms with Gasteiger partial charge in [0.25, 0.3) is 5.91 Å². The van der Waals surface area contributed by atoms with E-state index >= 15 is 0 Å². The van der Waals surface area contributed by atoms with E-state index in [-0.39, 0.29) is 17.9 Å². The molecule has 1 unspecified atom stereocenters. The van der Waals surface area contributed by atoms with Crippen LogP contribution in [0.4, 0.5) is 5.69 Å². The van der Waals surface area contributed by atoms with Gasteiger partial charge in [0.05, 0.1) is 18.2 Å². The van der Waals surface area contributed by atoms with Gasteiger partial charge >= 0.3 is 0 Å². The Kier molecular flexibility index (Phi) is 4.31. The molecule has 1 aromatic carbocycles. The number of carbonyl (C=O) groups is 2. The third kappa shape index (κ3) is 2.85. The lowest BCUT2D eigenvalue weighted by molar-refractivity contribution is -0.123. The van der Waals surface area contributed by atoms with Gasteiger partial charge in [0.2, 0.25) is 5.91 Å². The van der Waals surface area contributed by atoms with Crippen molar-refractivity contribution in [1.82, 2.24) is 4.90 Å². The van der Waals surface area contributed by atoms with E-state index in [4.69, 9.17) is 0 Å². The molecule has 0 radical (unpaired) electrons. The Bertz CT molecular complexity index is 582. The van der Waals surface area contributed by atoms with E-state index in [1.54, 1.807) is 0 Å². The number of carbonyl (C=O) groups excluding carboxylic acids is 2. The molecule has 1 aromatic rings. The SMILES string of the molecule is Cc1cc(I)ccc1N1C(=O)CC(N2CCCCC2)C1=O. The van der Waals surface area contributed by atoms with Gasteiger partial charge in [0.1, 0.15) is 0 Å². The first kappa shape index (κ1) is 15.0. The highest BCUT2D eigenvalue weighted by atomic mass is 127. The smallest absolute Gasteiger partial charge is 0.251 e. The van der Waals surface area contributed by atoms with Crippen LogP contribution in [0.5, 0.6) is 0 Å². The Morgan fingerprint density at radius 1 is 1.14 bits per heavy atom. The Labute approximate surface area is 138 Å². The lowest BCUT2D eigenvalue weighted by atomic mass is 10.1. The molecule has 2 heterocycles. The lowest BCUT2D eigenvalue weighted by Gasteiger charge is -2.30. The molecule has 2 aliphatic heterocycles. The molecule has 4 nitrogen and oxygen atoms in total. The summed E-state index contributed by atoms with van der Waals surface area (Å²) in [6, 6.07) is 5.57. The minimum absolute atomic E-state index is 0.0498. The molecule has 2 aliphatic rings. The number of amides is 2. The highest BCUT2D eigenvalue weighted by molar-refractivity contribution is 14.1. The Morgan fingerprint density at radius 2 is 1.86 bits per heavy atom. The van der Waals surface area contributed by atoms with Crippen LogP contribution in [0.1, 0.15) is 31.2 Å². The van der Waals surface area contributed by atoms with E-state index in [0.717, 1.165) is 40.8 Å². The van der Waals surface area contributed by atoms with Crippen molar-refractivity contribution in [2.75, 3.05) is 18.0 Å². The van der Waals surface area contributed by atoms with E-state index in [0.29, 0.717) is 6.42 Å². The summed E-state index contributed by atoms with van der Waals surface area (Å²) in [5.74, 6) is -0.119. The van der Waals surface area contributed by atoms with Crippen LogP contribution in [-0.2, 0) is 9.59 Å². The van der Waals surface area contributed by atoms with Crippen LogP contribution >= 0.6 is 22.6 Å². The molecule has 0 saturated carbocycles. The minimum atomic E-state index is -0.253. The number of anilines is 1. The predicted octanol–water partition coefficient (Wildman–Crippen LogP) is 2.72. The average molecular weight is 398 g/mol. The fourth-order valence-electron chi connectivity index (χ4n) is 3.25. The van der Waals surface area contributed by atoms with Gasteiger partial charge < -0.3 is 0 Å². The first-order valence-corrected chi connectivity index (χ1v) is 8.53. The monoisotopic (exact) mass is 398 g/mol. The van der Waals surface area contributed by atoms with Crippen molar-refractivity contribution in [2.45, 2.75) is 38.6 Å². The lowest BCUT2D eigenvalue weighted by Crippen LogP contribution is -2.44. The molecule has 0 N–H and O–H groups in total. The molecule has 5 heteroatoms. The summed E-state index contributed by atoms with van der Waals surface area (Å²) in [4.78, 5) is 28.6.